The summed E-state index contributed by atoms with van der Waals surface area (Å²) in [6.07, 6.45) is 1.04. The van der Waals surface area contributed by atoms with Gasteiger partial charge in [-0.25, -0.2) is 19.2 Å². The molecule has 49 heavy (non-hydrogen) atoms. The summed E-state index contributed by atoms with van der Waals surface area (Å²) in [5.74, 6) is 4.75. The predicted octanol–water partition coefficient (Wildman–Crippen LogP) is 7.96. The molecule has 0 aliphatic heterocycles. The normalized spacial score (nSPS) is 10.0. The molecule has 0 fully saturated rings. The van der Waals surface area contributed by atoms with Crippen LogP contribution >= 0.6 is 0 Å². The lowest BCUT2D eigenvalue weighted by molar-refractivity contribution is -0.130. The summed E-state index contributed by atoms with van der Waals surface area (Å²) in [6.45, 7) is 19.0. The lowest BCUT2D eigenvalue weighted by atomic mass is 10.0. The van der Waals surface area contributed by atoms with Crippen LogP contribution < -0.4 is 18.9 Å². The van der Waals surface area contributed by atoms with Crippen molar-refractivity contribution in [2.45, 2.75) is 20.8 Å². The second-order valence-electron chi connectivity index (χ2n) is 10.9. The van der Waals surface area contributed by atoms with Crippen LogP contribution in [0.15, 0.2) is 134 Å². The van der Waals surface area contributed by atoms with Gasteiger partial charge in [0.25, 0.3) is 0 Å². The van der Waals surface area contributed by atoms with Crippen molar-refractivity contribution in [3.8, 4) is 57.1 Å². The third kappa shape index (κ3) is 9.41. The first-order valence-corrected chi connectivity index (χ1v) is 14.8. The summed E-state index contributed by atoms with van der Waals surface area (Å²) in [4.78, 5) is 48.5. The van der Waals surface area contributed by atoms with Gasteiger partial charge in [-0.2, -0.15) is 0 Å². The van der Waals surface area contributed by atoms with E-state index in [0.717, 1.165) is 17.2 Å². The van der Waals surface area contributed by atoms with Gasteiger partial charge in [-0.1, -0.05) is 74.6 Å². The molecule has 244 valence electrons. The monoisotopic (exact) mass is 652 g/mol. The Labute approximate surface area is 284 Å². The maximum absolute atomic E-state index is 12.6. The lowest BCUT2D eigenvalue weighted by Gasteiger charge is -2.11. The maximum atomic E-state index is 12.6. The average Bonchev–Trinajstić information content (AvgIpc) is 3.08. The summed E-state index contributed by atoms with van der Waals surface area (Å²) >= 11 is 0. The Morgan fingerprint density at radius 1 is 0.510 bits per heavy atom. The molecule has 0 radical (unpaired) electrons. The molecule has 8 heteroatoms. The number of carbonyl (C=O) groups excluding carboxylic acids is 4. The summed E-state index contributed by atoms with van der Waals surface area (Å²) < 4.78 is 21.7. The first-order chi connectivity index (χ1) is 23.3. The van der Waals surface area contributed by atoms with E-state index in [1.165, 1.54) is 6.92 Å². The van der Waals surface area contributed by atoms with Crippen molar-refractivity contribution < 1.29 is 38.1 Å². The minimum absolute atomic E-state index is 0.178. The van der Waals surface area contributed by atoms with E-state index in [4.69, 9.17) is 18.9 Å². The Balaban J connectivity index is 1.69. The SMILES string of the molecule is C=CC(=O)Oc1cc(-c2ccc(OC(=O)C(=C)C)cc2)ccc1C#Cc1ccc(-c2ccc(OC(=O)C(=C)C)cc2)cc1OC(=O)C(=C)C. The molecule has 0 saturated heterocycles. The van der Waals surface area contributed by atoms with Crippen LogP contribution in [-0.2, 0) is 19.2 Å². The minimum Gasteiger partial charge on any atom is -0.423 e. The lowest BCUT2D eigenvalue weighted by Crippen LogP contribution is -2.09. The second-order valence-corrected chi connectivity index (χ2v) is 10.9. The molecule has 0 atom stereocenters. The highest BCUT2D eigenvalue weighted by Crippen LogP contribution is 2.31. The summed E-state index contributed by atoms with van der Waals surface area (Å²) in [6, 6.07) is 23.9. The van der Waals surface area contributed by atoms with E-state index in [-0.39, 0.29) is 28.2 Å². The highest BCUT2D eigenvalue weighted by molar-refractivity contribution is 5.90. The van der Waals surface area contributed by atoms with E-state index in [0.29, 0.717) is 33.8 Å². The first-order valence-electron chi connectivity index (χ1n) is 14.8. The van der Waals surface area contributed by atoms with E-state index < -0.39 is 23.9 Å². The number of benzene rings is 4. The van der Waals surface area contributed by atoms with Crippen molar-refractivity contribution in [3.05, 3.63) is 145 Å². The van der Waals surface area contributed by atoms with Crippen LogP contribution in [0.3, 0.4) is 0 Å². The number of carbonyl (C=O) groups is 4. The smallest absolute Gasteiger partial charge is 0.338 e. The molecule has 0 saturated carbocycles. The van der Waals surface area contributed by atoms with Crippen LogP contribution in [0.1, 0.15) is 31.9 Å². The van der Waals surface area contributed by atoms with Crippen LogP contribution in [0.4, 0.5) is 0 Å². The van der Waals surface area contributed by atoms with Gasteiger partial charge in [0.1, 0.15) is 23.0 Å². The molecule has 0 spiro atoms. The summed E-state index contributed by atoms with van der Waals surface area (Å²) in [7, 11) is 0. The van der Waals surface area contributed by atoms with Gasteiger partial charge in [-0.05, 0) is 91.6 Å². The summed E-state index contributed by atoms with van der Waals surface area (Å²) in [5.41, 5.74) is 4.46. The Kier molecular flexibility index (Phi) is 11.3. The van der Waals surface area contributed by atoms with Crippen molar-refractivity contribution in [2.24, 2.45) is 0 Å². The van der Waals surface area contributed by atoms with E-state index in [1.54, 1.807) is 98.8 Å². The third-order valence-electron chi connectivity index (χ3n) is 6.72. The Morgan fingerprint density at radius 3 is 1.22 bits per heavy atom. The van der Waals surface area contributed by atoms with Crippen molar-refractivity contribution in [1.82, 2.24) is 0 Å². The Hall–Kier alpha value is -6.72. The molecular formula is C41H32O8. The third-order valence-corrected chi connectivity index (χ3v) is 6.72. The molecule has 0 aliphatic carbocycles. The van der Waals surface area contributed by atoms with Gasteiger partial charge in [0.2, 0.25) is 0 Å². The Morgan fingerprint density at radius 2 is 0.857 bits per heavy atom. The van der Waals surface area contributed by atoms with Gasteiger partial charge < -0.3 is 18.9 Å². The zero-order valence-corrected chi connectivity index (χ0v) is 27.3. The number of esters is 4. The maximum Gasteiger partial charge on any atom is 0.338 e. The van der Waals surface area contributed by atoms with E-state index in [2.05, 4.69) is 38.2 Å². The van der Waals surface area contributed by atoms with Crippen LogP contribution in [-0.4, -0.2) is 23.9 Å². The molecule has 0 aromatic heterocycles. The van der Waals surface area contributed by atoms with Gasteiger partial charge in [0.05, 0.1) is 11.1 Å². The molecule has 0 aliphatic rings. The zero-order chi connectivity index (χ0) is 35.7. The summed E-state index contributed by atoms with van der Waals surface area (Å²) in [5, 5.41) is 0. The number of rotatable bonds is 10. The highest BCUT2D eigenvalue weighted by atomic mass is 16.5. The molecule has 0 N–H and O–H groups in total. The van der Waals surface area contributed by atoms with Crippen LogP contribution in [0.5, 0.6) is 23.0 Å². The predicted molar refractivity (Wildman–Crippen MR) is 187 cm³/mol. The van der Waals surface area contributed by atoms with Crippen molar-refractivity contribution in [3.63, 3.8) is 0 Å². The molecule has 8 nitrogen and oxygen atoms in total. The fourth-order valence-corrected chi connectivity index (χ4v) is 4.07. The molecule has 0 unspecified atom stereocenters. The van der Waals surface area contributed by atoms with Gasteiger partial charge in [0, 0.05) is 22.8 Å². The molecule has 0 amide bonds. The van der Waals surface area contributed by atoms with Gasteiger partial charge in [0.15, 0.2) is 0 Å². The molecule has 4 aromatic carbocycles. The highest BCUT2D eigenvalue weighted by Gasteiger charge is 2.14. The topological polar surface area (TPSA) is 105 Å². The number of hydrogen-bond acceptors (Lipinski definition) is 8. The van der Waals surface area contributed by atoms with E-state index in [9.17, 15) is 19.2 Å². The second kappa shape index (κ2) is 15.7. The largest absolute Gasteiger partial charge is 0.423 e. The average molecular weight is 653 g/mol. The molecular weight excluding hydrogens is 620 g/mol. The van der Waals surface area contributed by atoms with Crippen LogP contribution in [0.25, 0.3) is 22.3 Å². The standard InChI is InChI=1S/C41H32O8/c1-8-38(42)48-36-23-32(28-15-19-34(20-16-28)46-39(43)25(2)3)13-11-30(36)9-10-31-12-14-33(24-37(31)49-41(45)27(6)7)29-17-21-35(22-18-29)47-40(44)26(4)5/h8,11-24H,1-2,4,6H2,3,5,7H3. The van der Waals surface area contributed by atoms with Crippen molar-refractivity contribution >= 4 is 23.9 Å². The van der Waals surface area contributed by atoms with E-state index in [1.807, 2.05) is 0 Å². The van der Waals surface area contributed by atoms with E-state index >= 15 is 0 Å². The number of ether oxygens (including phenoxy) is 4. The molecule has 4 rings (SSSR count). The number of hydrogen-bond donors (Lipinski definition) is 0. The minimum atomic E-state index is -0.678. The van der Waals surface area contributed by atoms with Gasteiger partial charge in [-0.3, -0.25) is 0 Å². The molecule has 0 heterocycles. The van der Waals surface area contributed by atoms with Gasteiger partial charge >= 0.3 is 23.9 Å². The van der Waals surface area contributed by atoms with Gasteiger partial charge in [-0.15, -0.1) is 0 Å². The fraction of sp³-hybridized carbons (Fsp3) is 0.0732. The van der Waals surface area contributed by atoms with Crippen LogP contribution in [0.2, 0.25) is 0 Å². The van der Waals surface area contributed by atoms with Crippen molar-refractivity contribution in [1.29, 1.82) is 0 Å². The Bertz CT molecular complexity index is 2070. The molecule has 0 bridgehead atoms. The van der Waals surface area contributed by atoms with Crippen LogP contribution in [0, 0.1) is 11.8 Å². The quantitative estimate of drug-likeness (QED) is 0.0736. The van der Waals surface area contributed by atoms with Crippen molar-refractivity contribution in [2.75, 3.05) is 0 Å². The fourth-order valence-electron chi connectivity index (χ4n) is 4.07. The first kappa shape index (κ1) is 35.1. The zero-order valence-electron chi connectivity index (χ0n) is 27.3. The molecule has 4 aromatic rings.